The Hall–Kier alpha value is -3.25. The molecule has 0 bridgehead atoms. The van der Waals surface area contributed by atoms with Crippen molar-refractivity contribution >= 4 is 17.0 Å². The lowest BCUT2D eigenvalue weighted by molar-refractivity contribution is -0.0608. The molecule has 11 nitrogen and oxygen atoms in total. The first-order valence-electron chi connectivity index (χ1n) is 13.6. The van der Waals surface area contributed by atoms with Crippen molar-refractivity contribution in [3.63, 3.8) is 0 Å². The van der Waals surface area contributed by atoms with Gasteiger partial charge in [0.15, 0.2) is 5.96 Å². The number of hydrogen-bond donors (Lipinski definition) is 7. The van der Waals surface area contributed by atoms with Gasteiger partial charge in [-0.25, -0.2) is 4.79 Å². The van der Waals surface area contributed by atoms with Gasteiger partial charge in [-0.15, -0.1) is 0 Å². The number of aromatic nitrogens is 3. The third-order valence-corrected chi connectivity index (χ3v) is 7.49. The molecule has 0 saturated carbocycles. The number of nitrogens with zero attached hydrogens (tertiary/aromatic N) is 2. The van der Waals surface area contributed by atoms with E-state index in [9.17, 15) is 4.79 Å². The minimum Gasteiger partial charge on any atom is -0.370 e. The molecule has 0 radical (unpaired) electrons. The van der Waals surface area contributed by atoms with E-state index in [-0.39, 0.29) is 29.9 Å². The number of nitrogens with two attached hydrogens (primary N) is 2. The highest BCUT2D eigenvalue weighted by Gasteiger charge is 2.28. The molecule has 0 aliphatic carbocycles. The predicted molar refractivity (Wildman–Crippen MR) is 149 cm³/mol. The lowest BCUT2D eigenvalue weighted by atomic mass is 9.93. The van der Waals surface area contributed by atoms with E-state index in [0.717, 1.165) is 80.5 Å². The molecule has 1 unspecified atom stereocenters. The smallest absolute Gasteiger partial charge is 0.354 e. The minimum absolute atomic E-state index is 0.00200. The fourth-order valence-electron chi connectivity index (χ4n) is 5.48. The SMILES string of the molecule is N=C(N)NCC[C@H]1CC(N)C[C@H](c2ccc(-n3cc4cc(CCNC5CCNCC5)[nH]c4nc3=O)cc2)O1. The average Bonchev–Trinajstić information content (AvgIpc) is 3.30. The zero-order chi connectivity index (χ0) is 26.5. The minimum atomic E-state index is -0.319. The van der Waals surface area contributed by atoms with Crippen LogP contribution in [-0.2, 0) is 11.2 Å². The number of H-pyrrole nitrogens is 1. The van der Waals surface area contributed by atoms with Crippen molar-refractivity contribution in [3.8, 4) is 5.69 Å². The number of benzene rings is 1. The number of fused-ring (bicyclic) bond motifs is 1. The predicted octanol–water partition coefficient (Wildman–Crippen LogP) is 1.02. The largest absolute Gasteiger partial charge is 0.370 e. The number of piperidine rings is 1. The Balaban J connectivity index is 1.23. The molecule has 3 atom stereocenters. The molecule has 2 saturated heterocycles. The number of nitrogens with one attached hydrogen (secondary N) is 5. The summed E-state index contributed by atoms with van der Waals surface area (Å²) < 4.78 is 7.88. The summed E-state index contributed by atoms with van der Waals surface area (Å²) >= 11 is 0. The summed E-state index contributed by atoms with van der Waals surface area (Å²) in [5, 5.41) is 18.1. The molecule has 204 valence electrons. The first-order chi connectivity index (χ1) is 18.4. The van der Waals surface area contributed by atoms with Gasteiger partial charge in [0.25, 0.3) is 0 Å². The molecule has 1 aromatic carbocycles. The van der Waals surface area contributed by atoms with Crippen molar-refractivity contribution in [3.05, 3.63) is 58.3 Å². The average molecular weight is 522 g/mol. The second-order valence-corrected chi connectivity index (χ2v) is 10.4. The van der Waals surface area contributed by atoms with Crippen LogP contribution in [0.4, 0.5) is 0 Å². The van der Waals surface area contributed by atoms with Crippen LogP contribution in [0.2, 0.25) is 0 Å². The summed E-state index contributed by atoms with van der Waals surface area (Å²) in [5.41, 5.74) is 14.8. The van der Waals surface area contributed by atoms with E-state index in [1.807, 2.05) is 30.5 Å². The van der Waals surface area contributed by atoms with E-state index in [2.05, 4.69) is 32.0 Å². The van der Waals surface area contributed by atoms with E-state index >= 15 is 0 Å². The van der Waals surface area contributed by atoms with Gasteiger partial charge < -0.3 is 37.1 Å². The molecule has 2 fully saturated rings. The van der Waals surface area contributed by atoms with E-state index in [0.29, 0.717) is 18.2 Å². The highest BCUT2D eigenvalue weighted by atomic mass is 16.5. The Labute approximate surface area is 222 Å². The summed E-state index contributed by atoms with van der Waals surface area (Å²) in [6.07, 6.45) is 7.17. The Morgan fingerprint density at radius 3 is 2.74 bits per heavy atom. The number of aromatic amines is 1. The second kappa shape index (κ2) is 12.1. The monoisotopic (exact) mass is 521 g/mol. The van der Waals surface area contributed by atoms with Crippen molar-refractivity contribution in [1.29, 1.82) is 5.41 Å². The number of ether oxygens (including phenoxy) is 1. The summed E-state index contributed by atoms with van der Waals surface area (Å²) in [7, 11) is 0. The quantitative estimate of drug-likeness (QED) is 0.161. The van der Waals surface area contributed by atoms with Crippen LogP contribution in [0.15, 0.2) is 41.3 Å². The van der Waals surface area contributed by atoms with E-state index < -0.39 is 0 Å². The standard InChI is InChI=1S/C27H39N9O2/c28-19-14-23(8-12-33-26(29)30)38-24(15-19)17-1-3-22(4-2-17)36-16-18-13-21(34-25(18)35-27(36)37)7-11-32-20-5-9-31-10-6-20/h1-4,13,16,19-20,23-24,31-32H,5-12,14-15,28H2,(H4,29,30,33)(H,34,35,37)/t19?,23-,24+/m0/s1. The maximum atomic E-state index is 12.8. The fraction of sp³-hybridized carbons (Fsp3) is 0.519. The molecule has 11 heteroatoms. The molecule has 0 spiro atoms. The molecule has 5 rings (SSSR count). The van der Waals surface area contributed by atoms with Gasteiger partial charge >= 0.3 is 5.69 Å². The van der Waals surface area contributed by atoms with Gasteiger partial charge in [0, 0.05) is 48.9 Å². The van der Waals surface area contributed by atoms with Gasteiger partial charge in [0.2, 0.25) is 0 Å². The Morgan fingerprint density at radius 2 is 1.97 bits per heavy atom. The Morgan fingerprint density at radius 1 is 1.18 bits per heavy atom. The first kappa shape index (κ1) is 26.4. The molecule has 0 amide bonds. The van der Waals surface area contributed by atoms with Crippen molar-refractivity contribution in [1.82, 2.24) is 30.5 Å². The molecular formula is C27H39N9O2. The third kappa shape index (κ3) is 6.60. The first-order valence-corrected chi connectivity index (χ1v) is 13.6. The Bertz CT molecular complexity index is 1280. The lowest BCUT2D eigenvalue weighted by Crippen LogP contribution is -2.40. The van der Waals surface area contributed by atoms with Crippen LogP contribution in [0, 0.1) is 5.41 Å². The summed E-state index contributed by atoms with van der Waals surface area (Å²) in [4.78, 5) is 20.4. The van der Waals surface area contributed by atoms with Crippen LogP contribution in [0.3, 0.4) is 0 Å². The third-order valence-electron chi connectivity index (χ3n) is 7.49. The summed E-state index contributed by atoms with van der Waals surface area (Å²) in [6, 6.07) is 10.5. The van der Waals surface area contributed by atoms with Gasteiger partial charge in [-0.3, -0.25) is 9.98 Å². The highest BCUT2D eigenvalue weighted by Crippen LogP contribution is 2.32. The maximum Gasteiger partial charge on any atom is 0.354 e. The highest BCUT2D eigenvalue weighted by molar-refractivity contribution is 5.75. The topological polar surface area (TPSA) is 172 Å². The van der Waals surface area contributed by atoms with Crippen LogP contribution in [0.1, 0.15) is 49.5 Å². The van der Waals surface area contributed by atoms with Gasteiger partial charge in [-0.2, -0.15) is 4.98 Å². The maximum absolute atomic E-state index is 12.8. The number of hydrogen-bond acceptors (Lipinski definition) is 7. The number of rotatable bonds is 9. The van der Waals surface area contributed by atoms with Crippen LogP contribution in [-0.4, -0.2) is 64.9 Å². The molecular weight excluding hydrogens is 482 g/mol. The molecule has 3 aromatic rings. The van der Waals surface area contributed by atoms with Gasteiger partial charge in [-0.1, -0.05) is 12.1 Å². The van der Waals surface area contributed by atoms with Crippen molar-refractivity contribution < 1.29 is 4.74 Å². The van der Waals surface area contributed by atoms with Crippen LogP contribution >= 0.6 is 0 Å². The normalized spacial score (nSPS) is 22.5. The summed E-state index contributed by atoms with van der Waals surface area (Å²) in [5.74, 6) is -0.0411. The van der Waals surface area contributed by atoms with E-state index in [1.54, 1.807) is 4.57 Å². The van der Waals surface area contributed by atoms with Crippen molar-refractivity contribution in [2.45, 2.75) is 62.8 Å². The van der Waals surface area contributed by atoms with Crippen LogP contribution in [0.25, 0.3) is 16.7 Å². The van der Waals surface area contributed by atoms with Crippen molar-refractivity contribution in [2.24, 2.45) is 11.5 Å². The molecule has 2 aliphatic rings. The second-order valence-electron chi connectivity index (χ2n) is 10.4. The molecule has 2 aliphatic heterocycles. The lowest BCUT2D eigenvalue weighted by Gasteiger charge is -2.34. The van der Waals surface area contributed by atoms with E-state index in [4.69, 9.17) is 21.6 Å². The molecule has 38 heavy (non-hydrogen) atoms. The van der Waals surface area contributed by atoms with Crippen molar-refractivity contribution in [2.75, 3.05) is 26.2 Å². The van der Waals surface area contributed by atoms with E-state index in [1.165, 1.54) is 0 Å². The van der Waals surface area contributed by atoms with Gasteiger partial charge in [-0.05, 0) is 69.0 Å². The summed E-state index contributed by atoms with van der Waals surface area (Å²) in [6.45, 7) is 3.61. The van der Waals surface area contributed by atoms with Crippen LogP contribution in [0.5, 0.6) is 0 Å². The van der Waals surface area contributed by atoms with Gasteiger partial charge in [0.05, 0.1) is 17.9 Å². The van der Waals surface area contributed by atoms with Crippen LogP contribution < -0.4 is 33.1 Å². The Kier molecular flexibility index (Phi) is 8.38. The fourth-order valence-corrected chi connectivity index (χ4v) is 5.48. The molecule has 4 heterocycles. The molecule has 2 aromatic heterocycles. The zero-order valence-corrected chi connectivity index (χ0v) is 21.7. The number of guanidine groups is 1. The zero-order valence-electron chi connectivity index (χ0n) is 21.7. The van der Waals surface area contributed by atoms with Gasteiger partial charge in [0.1, 0.15) is 5.65 Å². The molecule has 9 N–H and O–H groups in total.